The van der Waals surface area contributed by atoms with E-state index in [1.54, 1.807) is 0 Å². The van der Waals surface area contributed by atoms with Crippen LogP contribution in [-0.2, 0) is 11.2 Å². The molecule has 3 rings (SSSR count). The van der Waals surface area contributed by atoms with Crippen molar-refractivity contribution in [2.24, 2.45) is 0 Å². The monoisotopic (exact) mass is 255 g/mol. The number of carbonyl (C=O) groups is 1. The summed E-state index contributed by atoms with van der Waals surface area (Å²) in [4.78, 5) is 11.1. The van der Waals surface area contributed by atoms with Crippen LogP contribution in [0.3, 0.4) is 0 Å². The Kier molecular flexibility index (Phi) is 3.11. The van der Waals surface area contributed by atoms with Crippen LogP contribution in [0.2, 0.25) is 0 Å². The molecule has 1 aliphatic carbocycles. The molecule has 1 aromatic carbocycles. The molecule has 0 radical (unpaired) electrons. The first-order chi connectivity index (χ1) is 9.25. The number of carboxylic acid groups (broad SMARTS) is 1. The largest absolute Gasteiger partial charge is 0.478 e. The maximum Gasteiger partial charge on any atom is 0.333 e. The molecule has 0 fully saturated rings. The molecule has 0 saturated heterocycles. The molecule has 1 aromatic rings. The Morgan fingerprint density at radius 1 is 1.16 bits per heavy atom. The predicted molar refractivity (Wildman–Crippen MR) is 74.6 cm³/mol. The number of carboxylic acids is 1. The van der Waals surface area contributed by atoms with E-state index in [-0.39, 0.29) is 0 Å². The zero-order valence-electron chi connectivity index (χ0n) is 10.8. The lowest BCUT2D eigenvalue weighted by Crippen LogP contribution is -2.26. The van der Waals surface area contributed by atoms with Crippen LogP contribution >= 0.6 is 0 Å². The number of nitrogens with one attached hydrogen (secondary N) is 1. The van der Waals surface area contributed by atoms with Gasteiger partial charge in [0.1, 0.15) is 0 Å². The Hall–Kier alpha value is -2.03. The van der Waals surface area contributed by atoms with Gasteiger partial charge in [-0.2, -0.15) is 0 Å². The minimum atomic E-state index is -0.825. The van der Waals surface area contributed by atoms with E-state index in [1.807, 2.05) is 12.1 Å². The van der Waals surface area contributed by atoms with E-state index in [0.29, 0.717) is 12.1 Å². The number of rotatable bonds is 1. The van der Waals surface area contributed by atoms with E-state index in [1.165, 1.54) is 11.1 Å². The Bertz CT molecular complexity index is 584. The van der Waals surface area contributed by atoms with Crippen LogP contribution in [0.15, 0.2) is 41.5 Å². The number of benzene rings is 1. The van der Waals surface area contributed by atoms with Crippen LogP contribution in [0.25, 0.3) is 5.70 Å². The summed E-state index contributed by atoms with van der Waals surface area (Å²) in [7, 11) is 0. The van der Waals surface area contributed by atoms with Gasteiger partial charge in [0, 0.05) is 17.8 Å². The van der Waals surface area contributed by atoms with Gasteiger partial charge in [-0.05, 0) is 42.9 Å². The highest BCUT2D eigenvalue weighted by molar-refractivity contribution is 5.90. The minimum absolute atomic E-state index is 0.405. The molecule has 0 saturated carbocycles. The second kappa shape index (κ2) is 4.92. The number of hydrogen-bond acceptors (Lipinski definition) is 2. The molecule has 0 atom stereocenters. The highest BCUT2D eigenvalue weighted by Crippen LogP contribution is 2.31. The zero-order valence-corrected chi connectivity index (χ0v) is 10.8. The molecule has 0 aromatic heterocycles. The van der Waals surface area contributed by atoms with E-state index in [0.717, 1.165) is 37.0 Å². The summed E-state index contributed by atoms with van der Waals surface area (Å²) in [5, 5.41) is 12.4. The molecule has 2 aliphatic rings. The second-order valence-electron chi connectivity index (χ2n) is 5.09. The van der Waals surface area contributed by atoms with Gasteiger partial charge in [-0.1, -0.05) is 24.3 Å². The standard InChI is InChI=1S/C16H17NO2/c18-16(19)13-9-12-7-2-1-5-11-6-3-4-8-14(11)15(12)17-10-13/h3-4,6,8-9,17H,1-2,5,7,10H2,(H,18,19). The van der Waals surface area contributed by atoms with Crippen molar-refractivity contribution in [2.45, 2.75) is 25.7 Å². The predicted octanol–water partition coefficient (Wildman–Crippen LogP) is 2.74. The number of allylic oxidation sites excluding steroid dienone is 2. The van der Waals surface area contributed by atoms with Gasteiger partial charge >= 0.3 is 5.97 Å². The van der Waals surface area contributed by atoms with Crippen LogP contribution in [0, 0.1) is 0 Å². The summed E-state index contributed by atoms with van der Waals surface area (Å²) in [6, 6.07) is 8.41. The number of hydrogen-bond donors (Lipinski definition) is 2. The highest BCUT2D eigenvalue weighted by Gasteiger charge is 2.20. The summed E-state index contributed by atoms with van der Waals surface area (Å²) >= 11 is 0. The topological polar surface area (TPSA) is 49.3 Å². The third-order valence-corrected chi connectivity index (χ3v) is 3.83. The molecule has 0 bridgehead atoms. The van der Waals surface area contributed by atoms with E-state index >= 15 is 0 Å². The summed E-state index contributed by atoms with van der Waals surface area (Å²) in [5.41, 5.74) is 5.31. The van der Waals surface area contributed by atoms with Gasteiger partial charge in [0.05, 0.1) is 5.57 Å². The van der Waals surface area contributed by atoms with Gasteiger partial charge in [0.2, 0.25) is 0 Å². The Morgan fingerprint density at radius 3 is 2.79 bits per heavy atom. The first-order valence-electron chi connectivity index (χ1n) is 6.75. The molecular formula is C16H17NO2. The van der Waals surface area contributed by atoms with Crippen LogP contribution in [0.4, 0.5) is 0 Å². The lowest BCUT2D eigenvalue weighted by atomic mass is 9.89. The molecule has 1 heterocycles. The van der Waals surface area contributed by atoms with Gasteiger partial charge in [-0.25, -0.2) is 4.79 Å². The smallest absolute Gasteiger partial charge is 0.333 e. The second-order valence-corrected chi connectivity index (χ2v) is 5.09. The normalized spacial score (nSPS) is 18.4. The first kappa shape index (κ1) is 12.0. The zero-order chi connectivity index (χ0) is 13.2. The first-order valence-corrected chi connectivity index (χ1v) is 6.75. The molecule has 19 heavy (non-hydrogen) atoms. The van der Waals surface area contributed by atoms with Crippen molar-refractivity contribution in [2.75, 3.05) is 6.54 Å². The third-order valence-electron chi connectivity index (χ3n) is 3.83. The van der Waals surface area contributed by atoms with E-state index in [4.69, 9.17) is 5.11 Å². The maximum absolute atomic E-state index is 11.1. The van der Waals surface area contributed by atoms with Crippen molar-refractivity contribution in [3.8, 4) is 0 Å². The van der Waals surface area contributed by atoms with E-state index in [2.05, 4.69) is 23.5 Å². The summed E-state index contributed by atoms with van der Waals surface area (Å²) < 4.78 is 0. The third kappa shape index (κ3) is 2.28. The molecule has 1 aliphatic heterocycles. The van der Waals surface area contributed by atoms with Gasteiger partial charge in [-0.15, -0.1) is 0 Å². The molecule has 2 N–H and O–H groups in total. The fourth-order valence-corrected chi connectivity index (χ4v) is 2.85. The molecular weight excluding hydrogens is 238 g/mol. The molecule has 3 nitrogen and oxygen atoms in total. The molecule has 0 spiro atoms. The van der Waals surface area contributed by atoms with Crippen molar-refractivity contribution in [1.82, 2.24) is 5.32 Å². The Labute approximate surface area is 112 Å². The molecule has 0 unspecified atom stereocenters. The van der Waals surface area contributed by atoms with Crippen molar-refractivity contribution in [1.29, 1.82) is 0 Å². The van der Waals surface area contributed by atoms with E-state index < -0.39 is 5.97 Å². The van der Waals surface area contributed by atoms with Crippen LogP contribution < -0.4 is 5.32 Å². The Morgan fingerprint density at radius 2 is 1.95 bits per heavy atom. The van der Waals surface area contributed by atoms with Gasteiger partial charge in [0.25, 0.3) is 0 Å². The van der Waals surface area contributed by atoms with Gasteiger partial charge in [0.15, 0.2) is 0 Å². The molecule has 3 heteroatoms. The van der Waals surface area contributed by atoms with Gasteiger partial charge < -0.3 is 10.4 Å². The summed E-state index contributed by atoms with van der Waals surface area (Å²) in [6.07, 6.45) is 6.18. The average molecular weight is 255 g/mol. The number of aryl methyl sites for hydroxylation is 1. The fraction of sp³-hybridized carbons (Fsp3) is 0.312. The fourth-order valence-electron chi connectivity index (χ4n) is 2.85. The van der Waals surface area contributed by atoms with Crippen molar-refractivity contribution in [3.05, 3.63) is 52.6 Å². The quantitative estimate of drug-likeness (QED) is 0.811. The number of aliphatic carboxylic acids is 1. The number of dihydropyridines is 1. The van der Waals surface area contributed by atoms with Crippen molar-refractivity contribution >= 4 is 11.7 Å². The SMILES string of the molecule is O=C(O)C1=CC2=C(NC1)c1ccccc1CCCC2. The maximum atomic E-state index is 11.1. The number of fused-ring (bicyclic) bond motifs is 2. The van der Waals surface area contributed by atoms with Crippen LogP contribution in [-0.4, -0.2) is 17.6 Å². The lowest BCUT2D eigenvalue weighted by molar-refractivity contribution is -0.132. The van der Waals surface area contributed by atoms with Crippen LogP contribution in [0.5, 0.6) is 0 Å². The highest BCUT2D eigenvalue weighted by atomic mass is 16.4. The average Bonchev–Trinajstić information content (AvgIpc) is 2.41. The van der Waals surface area contributed by atoms with E-state index in [9.17, 15) is 4.79 Å². The Balaban J connectivity index is 2.11. The summed E-state index contributed by atoms with van der Waals surface area (Å²) in [6.45, 7) is 0.405. The summed E-state index contributed by atoms with van der Waals surface area (Å²) in [5.74, 6) is -0.825. The van der Waals surface area contributed by atoms with Gasteiger partial charge in [-0.3, -0.25) is 0 Å². The van der Waals surface area contributed by atoms with Crippen molar-refractivity contribution in [3.63, 3.8) is 0 Å². The van der Waals surface area contributed by atoms with Crippen molar-refractivity contribution < 1.29 is 9.90 Å². The van der Waals surface area contributed by atoms with Crippen LogP contribution in [0.1, 0.15) is 30.4 Å². The minimum Gasteiger partial charge on any atom is -0.478 e. The lowest BCUT2D eigenvalue weighted by Gasteiger charge is -2.25. The molecule has 98 valence electrons. The molecule has 0 amide bonds.